The number of nitrogens with one attached hydrogen (secondary N) is 1. The van der Waals surface area contributed by atoms with Crippen LogP contribution in [0.15, 0.2) is 42.5 Å². The molecule has 0 bridgehead atoms. The number of thiazole rings is 1. The van der Waals surface area contributed by atoms with Gasteiger partial charge in [0.25, 0.3) is 0 Å². The molecule has 0 saturated heterocycles. The Morgan fingerprint density at radius 3 is 2.92 bits per heavy atom. The molecule has 3 aromatic rings. The van der Waals surface area contributed by atoms with E-state index in [4.69, 9.17) is 14.5 Å². The largest absolute Gasteiger partial charge is 0.497 e. The highest BCUT2D eigenvalue weighted by atomic mass is 32.1. The Bertz CT molecular complexity index is 936. The fourth-order valence-corrected chi connectivity index (χ4v) is 4.07. The van der Waals surface area contributed by atoms with Crippen molar-refractivity contribution in [3.8, 4) is 33.3 Å². The summed E-state index contributed by atoms with van der Waals surface area (Å²) in [7, 11) is 1.68. The Morgan fingerprint density at radius 2 is 2.12 bits per heavy atom. The number of aryl methyl sites for hydroxylation is 1. The van der Waals surface area contributed by atoms with Gasteiger partial charge >= 0.3 is 0 Å². The van der Waals surface area contributed by atoms with E-state index in [9.17, 15) is 0 Å². The summed E-state index contributed by atoms with van der Waals surface area (Å²) in [6, 6.07) is 14.3. The van der Waals surface area contributed by atoms with Crippen LogP contribution >= 0.6 is 11.3 Å². The Kier molecular flexibility index (Phi) is 4.55. The van der Waals surface area contributed by atoms with Gasteiger partial charge in [-0.05, 0) is 43.7 Å². The smallest absolute Gasteiger partial charge is 0.142 e. The average molecular weight is 366 g/mol. The van der Waals surface area contributed by atoms with Crippen molar-refractivity contribution >= 4 is 17.0 Å². The molecule has 26 heavy (non-hydrogen) atoms. The lowest BCUT2D eigenvalue weighted by Gasteiger charge is -2.26. The number of ether oxygens (including phenoxy) is 2. The Balaban J connectivity index is 1.68. The van der Waals surface area contributed by atoms with Gasteiger partial charge in [0.1, 0.15) is 22.6 Å². The van der Waals surface area contributed by atoms with Gasteiger partial charge in [0.05, 0.1) is 25.0 Å². The van der Waals surface area contributed by atoms with E-state index in [0.717, 1.165) is 52.0 Å². The second kappa shape index (κ2) is 7.00. The van der Waals surface area contributed by atoms with Crippen molar-refractivity contribution < 1.29 is 9.47 Å². The summed E-state index contributed by atoms with van der Waals surface area (Å²) >= 11 is 1.70. The van der Waals surface area contributed by atoms with Gasteiger partial charge in [-0.25, -0.2) is 4.98 Å². The monoisotopic (exact) mass is 366 g/mol. The van der Waals surface area contributed by atoms with Crippen molar-refractivity contribution in [3.05, 3.63) is 47.3 Å². The van der Waals surface area contributed by atoms with Crippen LogP contribution in [0, 0.1) is 6.92 Å². The molecule has 134 valence electrons. The van der Waals surface area contributed by atoms with E-state index >= 15 is 0 Å². The molecule has 0 fully saturated rings. The molecule has 0 spiro atoms. The maximum Gasteiger partial charge on any atom is 0.142 e. The first-order valence-electron chi connectivity index (χ1n) is 8.84. The van der Waals surface area contributed by atoms with Crippen LogP contribution in [-0.4, -0.2) is 24.7 Å². The van der Waals surface area contributed by atoms with Crippen LogP contribution in [0.4, 0.5) is 5.69 Å². The lowest BCUT2D eigenvalue weighted by Crippen LogP contribution is -2.29. The number of hydrogen-bond acceptors (Lipinski definition) is 5. The van der Waals surface area contributed by atoms with Crippen LogP contribution in [0.25, 0.3) is 21.8 Å². The van der Waals surface area contributed by atoms with Crippen molar-refractivity contribution in [1.82, 2.24) is 4.98 Å². The Labute approximate surface area is 157 Å². The quantitative estimate of drug-likeness (QED) is 0.673. The zero-order valence-corrected chi connectivity index (χ0v) is 16.0. The highest BCUT2D eigenvalue weighted by molar-refractivity contribution is 7.15. The molecule has 1 atom stereocenters. The van der Waals surface area contributed by atoms with E-state index in [0.29, 0.717) is 0 Å². The second-order valence-electron chi connectivity index (χ2n) is 6.40. The van der Waals surface area contributed by atoms with Gasteiger partial charge in [-0.2, -0.15) is 0 Å². The van der Waals surface area contributed by atoms with E-state index in [2.05, 4.69) is 37.4 Å². The zero-order chi connectivity index (χ0) is 18.1. The fraction of sp³-hybridized carbons (Fsp3) is 0.286. The van der Waals surface area contributed by atoms with E-state index in [1.807, 2.05) is 24.3 Å². The van der Waals surface area contributed by atoms with Crippen LogP contribution in [-0.2, 0) is 0 Å². The Hall–Kier alpha value is -2.53. The molecule has 0 amide bonds. The molecule has 1 N–H and O–H groups in total. The third-order valence-electron chi connectivity index (χ3n) is 4.64. The summed E-state index contributed by atoms with van der Waals surface area (Å²) < 4.78 is 11.3. The molecule has 4 nitrogen and oxygen atoms in total. The summed E-state index contributed by atoms with van der Waals surface area (Å²) in [5, 5.41) is 4.48. The molecule has 1 unspecified atom stereocenters. The molecule has 1 aliphatic rings. The molecule has 4 rings (SSSR count). The molecule has 1 aliphatic heterocycles. The van der Waals surface area contributed by atoms with E-state index in [1.165, 1.54) is 4.88 Å². The number of methoxy groups -OCH3 is 1. The summed E-state index contributed by atoms with van der Waals surface area (Å²) in [5.41, 5.74) is 4.25. The summed E-state index contributed by atoms with van der Waals surface area (Å²) in [4.78, 5) is 6.10. The molecular weight excluding hydrogens is 344 g/mol. The molecule has 5 heteroatoms. The van der Waals surface area contributed by atoms with Gasteiger partial charge in [0, 0.05) is 16.0 Å². The van der Waals surface area contributed by atoms with Crippen molar-refractivity contribution in [2.75, 3.05) is 19.0 Å². The van der Waals surface area contributed by atoms with Gasteiger partial charge in [-0.3, -0.25) is 0 Å². The number of hydrogen-bond donors (Lipinski definition) is 1. The first-order valence-corrected chi connectivity index (χ1v) is 9.66. The minimum atomic E-state index is 0.244. The minimum Gasteiger partial charge on any atom is -0.497 e. The number of aromatic nitrogens is 1. The zero-order valence-electron chi connectivity index (χ0n) is 15.2. The highest BCUT2D eigenvalue weighted by Crippen LogP contribution is 2.38. The predicted octanol–water partition coefficient (Wildman–Crippen LogP) is 5.38. The number of nitrogens with zero attached hydrogens (tertiary/aromatic N) is 1. The third-order valence-corrected chi connectivity index (χ3v) is 5.66. The number of benzene rings is 2. The van der Waals surface area contributed by atoms with Crippen LogP contribution in [0.3, 0.4) is 0 Å². The average Bonchev–Trinajstić information content (AvgIpc) is 3.09. The minimum absolute atomic E-state index is 0.244. The highest BCUT2D eigenvalue weighted by Gasteiger charge is 2.19. The van der Waals surface area contributed by atoms with E-state index in [1.54, 1.807) is 18.4 Å². The van der Waals surface area contributed by atoms with Crippen LogP contribution < -0.4 is 14.8 Å². The predicted molar refractivity (Wildman–Crippen MR) is 107 cm³/mol. The number of rotatable bonds is 4. The number of fused-ring (bicyclic) bond motifs is 1. The van der Waals surface area contributed by atoms with Crippen molar-refractivity contribution in [2.45, 2.75) is 26.4 Å². The maximum atomic E-state index is 6.01. The third kappa shape index (κ3) is 3.15. The van der Waals surface area contributed by atoms with Crippen molar-refractivity contribution in [1.29, 1.82) is 0 Å². The Morgan fingerprint density at radius 1 is 1.23 bits per heavy atom. The van der Waals surface area contributed by atoms with Gasteiger partial charge in [-0.15, -0.1) is 11.3 Å². The van der Waals surface area contributed by atoms with Gasteiger partial charge in [0.15, 0.2) is 0 Å². The summed E-state index contributed by atoms with van der Waals surface area (Å²) in [5.74, 6) is 1.77. The molecule has 0 aliphatic carbocycles. The van der Waals surface area contributed by atoms with Crippen molar-refractivity contribution in [3.63, 3.8) is 0 Å². The van der Waals surface area contributed by atoms with Gasteiger partial charge in [-0.1, -0.05) is 19.1 Å². The van der Waals surface area contributed by atoms with Crippen molar-refractivity contribution in [2.24, 2.45) is 0 Å². The molecule has 1 aromatic heterocycles. The molecule has 0 saturated carbocycles. The van der Waals surface area contributed by atoms with Gasteiger partial charge < -0.3 is 14.8 Å². The normalized spacial score (nSPS) is 15.7. The van der Waals surface area contributed by atoms with E-state index in [-0.39, 0.29) is 6.10 Å². The summed E-state index contributed by atoms with van der Waals surface area (Å²) in [6.07, 6.45) is 1.25. The lowest BCUT2D eigenvalue weighted by atomic mass is 10.1. The number of anilines is 1. The molecular formula is C21H22N2O2S. The first-order chi connectivity index (χ1) is 12.7. The van der Waals surface area contributed by atoms with E-state index < -0.39 is 0 Å². The first kappa shape index (κ1) is 16.9. The molecule has 2 aromatic carbocycles. The fourth-order valence-electron chi connectivity index (χ4n) is 3.13. The SMILES string of the molecule is CCC1CNc2cc(-c3nc(-c4cccc(OC)c4)sc3C)ccc2O1. The topological polar surface area (TPSA) is 43.4 Å². The van der Waals surface area contributed by atoms with Crippen LogP contribution in [0.2, 0.25) is 0 Å². The maximum absolute atomic E-state index is 6.01. The lowest BCUT2D eigenvalue weighted by molar-refractivity contribution is 0.202. The summed E-state index contributed by atoms with van der Waals surface area (Å²) in [6.45, 7) is 5.11. The molecule has 2 heterocycles. The second-order valence-corrected chi connectivity index (χ2v) is 7.60. The van der Waals surface area contributed by atoms with Gasteiger partial charge in [0.2, 0.25) is 0 Å². The standard InChI is InChI=1S/C21H22N2O2S/c1-4-16-12-22-18-11-14(8-9-19(18)25-16)20-13(2)26-21(23-20)15-6-5-7-17(10-15)24-3/h5-11,16,22H,4,12H2,1-3H3. The molecule has 0 radical (unpaired) electrons. The van der Waals surface area contributed by atoms with Crippen LogP contribution in [0.5, 0.6) is 11.5 Å². The van der Waals surface area contributed by atoms with Crippen LogP contribution in [0.1, 0.15) is 18.2 Å².